The maximum atomic E-state index is 12.1. The Balaban J connectivity index is 1.93. The van der Waals surface area contributed by atoms with Gasteiger partial charge in [0, 0.05) is 6.54 Å². The summed E-state index contributed by atoms with van der Waals surface area (Å²) < 4.78 is 5.39. The highest BCUT2D eigenvalue weighted by molar-refractivity contribution is 5.91. The molecule has 3 N–H and O–H groups in total. The summed E-state index contributed by atoms with van der Waals surface area (Å²) in [5.74, 6) is 1.55. The smallest absolute Gasteiger partial charge is 0.287 e. The van der Waals surface area contributed by atoms with Crippen LogP contribution in [-0.2, 0) is 6.54 Å². The molecule has 1 aliphatic rings. The molecule has 2 rings (SSSR count). The molecule has 1 heterocycles. The van der Waals surface area contributed by atoms with E-state index in [1.807, 2.05) is 0 Å². The minimum Gasteiger partial charge on any atom is -0.455 e. The Hall–Kier alpha value is -1.29. The zero-order chi connectivity index (χ0) is 14.6. The standard InChI is InChI=1S/C16H26N2O2/c1-12(2)9-16(7-3-4-8-16)11-18-15(19)14-6-5-13(10-17)20-14/h5-6,12H,3-4,7-11,17H2,1-2H3,(H,18,19). The van der Waals surface area contributed by atoms with E-state index < -0.39 is 0 Å². The van der Waals surface area contributed by atoms with Crippen LogP contribution in [0.25, 0.3) is 0 Å². The van der Waals surface area contributed by atoms with Crippen LogP contribution in [0.5, 0.6) is 0 Å². The van der Waals surface area contributed by atoms with Crippen LogP contribution >= 0.6 is 0 Å². The minimum atomic E-state index is -0.125. The van der Waals surface area contributed by atoms with Crippen molar-refractivity contribution in [3.05, 3.63) is 23.7 Å². The second-order valence-corrected chi connectivity index (χ2v) is 6.46. The third-order valence-corrected chi connectivity index (χ3v) is 4.22. The summed E-state index contributed by atoms with van der Waals surface area (Å²) in [6, 6.07) is 3.45. The first-order valence-corrected chi connectivity index (χ1v) is 7.62. The highest BCUT2D eigenvalue weighted by Crippen LogP contribution is 2.42. The zero-order valence-electron chi connectivity index (χ0n) is 12.6. The van der Waals surface area contributed by atoms with Crippen molar-refractivity contribution in [1.29, 1.82) is 0 Å². The first-order chi connectivity index (χ1) is 9.54. The van der Waals surface area contributed by atoms with Crippen molar-refractivity contribution in [2.24, 2.45) is 17.1 Å². The van der Waals surface area contributed by atoms with Crippen molar-refractivity contribution >= 4 is 5.91 Å². The van der Waals surface area contributed by atoms with Crippen molar-refractivity contribution in [2.45, 2.75) is 52.5 Å². The lowest BCUT2D eigenvalue weighted by Crippen LogP contribution is -2.36. The first-order valence-electron chi connectivity index (χ1n) is 7.62. The summed E-state index contributed by atoms with van der Waals surface area (Å²) in [7, 11) is 0. The van der Waals surface area contributed by atoms with E-state index in [2.05, 4.69) is 19.2 Å². The summed E-state index contributed by atoms with van der Waals surface area (Å²) in [5.41, 5.74) is 5.77. The molecule has 1 aromatic heterocycles. The van der Waals surface area contributed by atoms with Gasteiger partial charge in [0.25, 0.3) is 5.91 Å². The number of rotatable bonds is 6. The molecule has 4 nitrogen and oxygen atoms in total. The Morgan fingerprint density at radius 3 is 2.65 bits per heavy atom. The number of hydrogen-bond acceptors (Lipinski definition) is 3. The second-order valence-electron chi connectivity index (χ2n) is 6.46. The predicted octanol–water partition coefficient (Wildman–Crippen LogP) is 3.07. The van der Waals surface area contributed by atoms with Crippen molar-refractivity contribution in [1.82, 2.24) is 5.32 Å². The van der Waals surface area contributed by atoms with Crippen molar-refractivity contribution in [2.75, 3.05) is 6.54 Å². The molecule has 1 aliphatic carbocycles. The number of nitrogens with two attached hydrogens (primary N) is 1. The Morgan fingerprint density at radius 1 is 1.40 bits per heavy atom. The van der Waals surface area contributed by atoms with Gasteiger partial charge in [-0.3, -0.25) is 4.79 Å². The third kappa shape index (κ3) is 3.63. The molecule has 1 amide bonds. The lowest BCUT2D eigenvalue weighted by molar-refractivity contribution is 0.0892. The van der Waals surface area contributed by atoms with Crippen molar-refractivity contribution < 1.29 is 9.21 Å². The largest absolute Gasteiger partial charge is 0.455 e. The summed E-state index contributed by atoms with van der Waals surface area (Å²) in [6.45, 7) is 5.58. The average Bonchev–Trinajstić information content (AvgIpc) is 3.04. The van der Waals surface area contributed by atoms with Crippen molar-refractivity contribution in [3.63, 3.8) is 0 Å². The zero-order valence-corrected chi connectivity index (χ0v) is 12.6. The molecule has 0 unspecified atom stereocenters. The van der Waals surface area contributed by atoms with Crippen LogP contribution in [0.4, 0.5) is 0 Å². The monoisotopic (exact) mass is 278 g/mol. The van der Waals surface area contributed by atoms with E-state index >= 15 is 0 Å². The molecular formula is C16H26N2O2. The summed E-state index contributed by atoms with van der Waals surface area (Å²) in [6.07, 6.45) is 6.18. The summed E-state index contributed by atoms with van der Waals surface area (Å²) in [4.78, 5) is 12.1. The molecule has 0 radical (unpaired) electrons. The topological polar surface area (TPSA) is 68.3 Å². The van der Waals surface area contributed by atoms with Gasteiger partial charge in [0.1, 0.15) is 5.76 Å². The average molecular weight is 278 g/mol. The summed E-state index contributed by atoms with van der Waals surface area (Å²) in [5, 5.41) is 3.05. The number of carbonyl (C=O) groups is 1. The van der Waals surface area contributed by atoms with Gasteiger partial charge in [-0.25, -0.2) is 0 Å². The number of nitrogens with one attached hydrogen (secondary N) is 1. The fraction of sp³-hybridized carbons (Fsp3) is 0.688. The molecule has 4 heteroatoms. The van der Waals surface area contributed by atoms with E-state index in [-0.39, 0.29) is 11.3 Å². The van der Waals surface area contributed by atoms with Gasteiger partial charge in [0.2, 0.25) is 0 Å². The first kappa shape index (κ1) is 15.1. The van der Waals surface area contributed by atoms with Crippen LogP contribution in [0, 0.1) is 11.3 Å². The third-order valence-electron chi connectivity index (χ3n) is 4.22. The quantitative estimate of drug-likeness (QED) is 0.840. The van der Waals surface area contributed by atoms with Crippen LogP contribution in [0.3, 0.4) is 0 Å². The maximum absolute atomic E-state index is 12.1. The summed E-state index contributed by atoms with van der Waals surface area (Å²) >= 11 is 0. The molecule has 0 spiro atoms. The normalized spacial score (nSPS) is 17.6. The molecule has 1 aromatic rings. The molecule has 0 atom stereocenters. The fourth-order valence-electron chi connectivity index (χ4n) is 3.41. The molecule has 0 aliphatic heterocycles. The second kappa shape index (κ2) is 6.44. The molecular weight excluding hydrogens is 252 g/mol. The molecule has 0 bridgehead atoms. The van der Waals surface area contributed by atoms with Gasteiger partial charge in [-0.1, -0.05) is 26.7 Å². The molecule has 1 saturated carbocycles. The molecule has 0 aromatic carbocycles. The number of furan rings is 1. The van der Waals surface area contributed by atoms with Crippen LogP contribution in [0.1, 0.15) is 62.3 Å². The SMILES string of the molecule is CC(C)CC1(CNC(=O)c2ccc(CN)o2)CCCC1. The van der Waals surface area contributed by atoms with Gasteiger partial charge in [-0.05, 0) is 42.7 Å². The fourth-order valence-corrected chi connectivity index (χ4v) is 3.41. The van der Waals surface area contributed by atoms with E-state index in [1.54, 1.807) is 12.1 Å². The maximum Gasteiger partial charge on any atom is 0.287 e. The van der Waals surface area contributed by atoms with E-state index in [4.69, 9.17) is 10.2 Å². The van der Waals surface area contributed by atoms with E-state index in [9.17, 15) is 4.79 Å². The van der Waals surface area contributed by atoms with E-state index in [1.165, 1.54) is 32.1 Å². The highest BCUT2D eigenvalue weighted by atomic mass is 16.4. The van der Waals surface area contributed by atoms with Gasteiger partial charge in [-0.15, -0.1) is 0 Å². The number of hydrogen-bond donors (Lipinski definition) is 2. The lowest BCUT2D eigenvalue weighted by Gasteiger charge is -2.31. The molecule has 20 heavy (non-hydrogen) atoms. The van der Waals surface area contributed by atoms with Gasteiger partial charge in [-0.2, -0.15) is 0 Å². The van der Waals surface area contributed by atoms with Crippen molar-refractivity contribution in [3.8, 4) is 0 Å². The van der Waals surface area contributed by atoms with Crippen LogP contribution in [0.2, 0.25) is 0 Å². The van der Waals surface area contributed by atoms with Gasteiger partial charge < -0.3 is 15.5 Å². The predicted molar refractivity (Wildman–Crippen MR) is 79.3 cm³/mol. The Labute approximate surface area is 121 Å². The van der Waals surface area contributed by atoms with Crippen LogP contribution in [-0.4, -0.2) is 12.5 Å². The van der Waals surface area contributed by atoms with Gasteiger partial charge >= 0.3 is 0 Å². The number of carbonyl (C=O) groups excluding carboxylic acids is 1. The highest BCUT2D eigenvalue weighted by Gasteiger charge is 2.34. The molecule has 112 valence electrons. The van der Waals surface area contributed by atoms with Crippen LogP contribution < -0.4 is 11.1 Å². The Kier molecular flexibility index (Phi) is 4.86. The molecule has 1 fully saturated rings. The van der Waals surface area contributed by atoms with E-state index in [0.29, 0.717) is 24.0 Å². The lowest BCUT2D eigenvalue weighted by atomic mass is 9.78. The van der Waals surface area contributed by atoms with Gasteiger partial charge in [0.05, 0.1) is 6.54 Å². The number of amides is 1. The van der Waals surface area contributed by atoms with Gasteiger partial charge in [0.15, 0.2) is 5.76 Å². The molecule has 0 saturated heterocycles. The van der Waals surface area contributed by atoms with E-state index in [0.717, 1.165) is 6.54 Å². The minimum absolute atomic E-state index is 0.125. The Bertz CT molecular complexity index is 445. The van der Waals surface area contributed by atoms with Crippen LogP contribution in [0.15, 0.2) is 16.5 Å². The Morgan fingerprint density at radius 2 is 2.10 bits per heavy atom.